The minimum atomic E-state index is -0.490. The second-order valence-corrected chi connectivity index (χ2v) is 14.2. The minimum absolute atomic E-state index is 0.100. The lowest BCUT2D eigenvalue weighted by Crippen LogP contribution is -2.43. The highest BCUT2D eigenvalue weighted by molar-refractivity contribution is 6.02. The maximum absolute atomic E-state index is 17.4. The number of methoxy groups -OCH3 is 1. The third kappa shape index (κ3) is 4.86. The SMILES string of the molecule is COC/C=C1\CN2CCC[C@@]2(COc2nc3c4c(nc(-c5c6c(cc7[nH]ncc57)CCC[C@H]6C)c(F)c4n2)OC[C@@H]2COCCCN32)C1. The van der Waals surface area contributed by atoms with Crippen molar-refractivity contribution in [1.29, 1.82) is 0 Å². The van der Waals surface area contributed by atoms with Crippen LogP contribution in [0.15, 0.2) is 23.9 Å². The van der Waals surface area contributed by atoms with Gasteiger partial charge in [0.15, 0.2) is 5.82 Å². The summed E-state index contributed by atoms with van der Waals surface area (Å²) < 4.78 is 41.7. The average molecular weight is 656 g/mol. The summed E-state index contributed by atoms with van der Waals surface area (Å²) in [4.78, 5) is 19.5. The van der Waals surface area contributed by atoms with Gasteiger partial charge in [0.1, 0.15) is 35.6 Å². The first-order valence-corrected chi connectivity index (χ1v) is 17.5. The normalized spacial score (nSPS) is 26.3. The van der Waals surface area contributed by atoms with Crippen molar-refractivity contribution in [2.24, 2.45) is 0 Å². The van der Waals surface area contributed by atoms with Gasteiger partial charge in [-0.1, -0.05) is 18.6 Å². The fraction of sp³-hybridized carbons (Fsp3) is 0.556. The number of halogens is 1. The fourth-order valence-corrected chi connectivity index (χ4v) is 8.91. The molecule has 3 saturated heterocycles. The molecule has 7 heterocycles. The largest absolute Gasteiger partial charge is 0.475 e. The van der Waals surface area contributed by atoms with E-state index in [4.69, 9.17) is 33.9 Å². The number of anilines is 1. The zero-order chi connectivity index (χ0) is 32.4. The lowest BCUT2D eigenvalue weighted by molar-refractivity contribution is 0.108. The van der Waals surface area contributed by atoms with Crippen LogP contribution in [0.5, 0.6) is 11.9 Å². The second kappa shape index (κ2) is 11.9. The van der Waals surface area contributed by atoms with Gasteiger partial charge in [0.2, 0.25) is 5.88 Å². The number of rotatable bonds is 6. The van der Waals surface area contributed by atoms with E-state index in [1.54, 1.807) is 13.3 Å². The number of aromatic nitrogens is 5. The summed E-state index contributed by atoms with van der Waals surface area (Å²) in [5, 5.41) is 8.81. The van der Waals surface area contributed by atoms with Crippen LogP contribution in [0.3, 0.4) is 0 Å². The number of aryl methyl sites for hydroxylation is 1. The molecule has 48 heavy (non-hydrogen) atoms. The number of fused-ring (bicyclic) bond motifs is 5. The van der Waals surface area contributed by atoms with E-state index in [1.807, 2.05) is 0 Å². The number of hydrogen-bond acceptors (Lipinski definition) is 10. The van der Waals surface area contributed by atoms with Crippen LogP contribution in [-0.2, 0) is 15.9 Å². The number of aromatic amines is 1. The molecule has 1 aliphatic carbocycles. The van der Waals surface area contributed by atoms with Gasteiger partial charge in [-0.3, -0.25) is 10.00 Å². The summed E-state index contributed by atoms with van der Waals surface area (Å²) >= 11 is 0. The zero-order valence-electron chi connectivity index (χ0n) is 27.7. The molecule has 0 bridgehead atoms. The molecule has 4 aliphatic heterocycles. The van der Waals surface area contributed by atoms with Gasteiger partial charge in [0.25, 0.3) is 0 Å². The van der Waals surface area contributed by atoms with Crippen LogP contribution in [0.4, 0.5) is 10.2 Å². The summed E-state index contributed by atoms with van der Waals surface area (Å²) in [5.74, 6) is 0.701. The molecule has 5 aliphatic rings. The van der Waals surface area contributed by atoms with Crippen molar-refractivity contribution < 1.29 is 23.3 Å². The molecule has 4 aromatic rings. The highest BCUT2D eigenvalue weighted by atomic mass is 19.1. The van der Waals surface area contributed by atoms with E-state index < -0.39 is 5.82 Å². The van der Waals surface area contributed by atoms with E-state index in [0.717, 1.165) is 80.1 Å². The van der Waals surface area contributed by atoms with E-state index in [0.29, 0.717) is 56.7 Å². The molecule has 3 fully saturated rings. The zero-order valence-corrected chi connectivity index (χ0v) is 27.7. The van der Waals surface area contributed by atoms with Crippen molar-refractivity contribution in [1.82, 2.24) is 30.0 Å². The van der Waals surface area contributed by atoms with Gasteiger partial charge in [-0.2, -0.15) is 15.1 Å². The first-order valence-electron chi connectivity index (χ1n) is 17.5. The molecule has 1 N–H and O–H groups in total. The minimum Gasteiger partial charge on any atom is -0.475 e. The Bertz CT molecular complexity index is 1930. The molecule has 0 unspecified atom stereocenters. The van der Waals surface area contributed by atoms with Gasteiger partial charge in [0, 0.05) is 37.8 Å². The quantitative estimate of drug-likeness (QED) is 0.274. The number of pyridine rings is 1. The molecule has 3 atom stereocenters. The molecule has 1 aromatic carbocycles. The highest BCUT2D eigenvalue weighted by Gasteiger charge is 2.47. The molecular weight excluding hydrogens is 613 g/mol. The monoisotopic (exact) mass is 655 g/mol. The topological polar surface area (TPSA) is 111 Å². The van der Waals surface area contributed by atoms with Crippen molar-refractivity contribution in [2.45, 2.75) is 69.4 Å². The lowest BCUT2D eigenvalue weighted by atomic mass is 9.79. The van der Waals surface area contributed by atoms with Crippen molar-refractivity contribution in [3.05, 3.63) is 40.9 Å². The molecule has 0 amide bonds. The number of hydrogen-bond donors (Lipinski definition) is 1. The van der Waals surface area contributed by atoms with E-state index >= 15 is 4.39 Å². The predicted octanol–water partition coefficient (Wildman–Crippen LogP) is 5.32. The molecular formula is C36H42FN7O4. The molecule has 3 aromatic heterocycles. The molecule has 0 radical (unpaired) electrons. The van der Waals surface area contributed by atoms with Crippen LogP contribution in [0.2, 0.25) is 0 Å². The Morgan fingerprint density at radius 1 is 1.17 bits per heavy atom. The van der Waals surface area contributed by atoms with Crippen molar-refractivity contribution in [3.63, 3.8) is 0 Å². The fourth-order valence-electron chi connectivity index (χ4n) is 8.91. The standard InChI is InChI=1S/C36H42FN7O4/c1-21-6-3-7-23-14-26-25(16-38-42-26)28(27(21)23)31-30(37)32-29-33(44-11-5-12-46-18-24(44)19-47-34(29)39-31)41-35(40-32)48-20-36-9-4-10-43(36)17-22(15-36)8-13-45-2/h8,14,16,21,24H,3-7,9-13,15,17-20H2,1-2H3,(H,38,42)/b22-8-/t21-,24+,36+/m1/s1. The molecule has 252 valence electrons. The first-order chi connectivity index (χ1) is 23.5. The van der Waals surface area contributed by atoms with E-state index in [2.05, 4.69) is 39.1 Å². The van der Waals surface area contributed by atoms with Crippen LogP contribution in [0.25, 0.3) is 33.1 Å². The molecule has 12 heteroatoms. The molecule has 9 rings (SSSR count). The lowest BCUT2D eigenvalue weighted by Gasteiger charge is -2.31. The predicted molar refractivity (Wildman–Crippen MR) is 179 cm³/mol. The van der Waals surface area contributed by atoms with Gasteiger partial charge >= 0.3 is 6.01 Å². The van der Waals surface area contributed by atoms with Crippen molar-refractivity contribution >= 4 is 27.6 Å². The second-order valence-electron chi connectivity index (χ2n) is 14.2. The summed E-state index contributed by atoms with van der Waals surface area (Å²) in [6.07, 6.45) is 10.9. The Labute approximate surface area is 278 Å². The van der Waals surface area contributed by atoms with Gasteiger partial charge in [-0.05, 0) is 74.6 Å². The highest BCUT2D eigenvalue weighted by Crippen LogP contribution is 2.47. The number of nitrogens with one attached hydrogen (secondary N) is 1. The van der Waals surface area contributed by atoms with Crippen LogP contribution >= 0.6 is 0 Å². The van der Waals surface area contributed by atoms with Crippen LogP contribution < -0.4 is 14.4 Å². The number of benzene rings is 1. The molecule has 0 saturated carbocycles. The molecule has 11 nitrogen and oxygen atoms in total. The van der Waals surface area contributed by atoms with Crippen LogP contribution in [-0.4, -0.2) is 101 Å². The first kappa shape index (κ1) is 30.2. The maximum Gasteiger partial charge on any atom is 0.319 e. The van der Waals surface area contributed by atoms with E-state index in [-0.39, 0.29) is 34.7 Å². The average Bonchev–Trinajstić information content (AvgIpc) is 3.72. The number of ether oxygens (including phenoxy) is 4. The van der Waals surface area contributed by atoms with Gasteiger partial charge in [-0.15, -0.1) is 0 Å². The Balaban J connectivity index is 1.20. The number of H-pyrrole nitrogens is 1. The van der Waals surface area contributed by atoms with E-state index in [9.17, 15) is 0 Å². The summed E-state index contributed by atoms with van der Waals surface area (Å²) in [6, 6.07) is 2.24. The Kier molecular flexibility index (Phi) is 7.50. The van der Waals surface area contributed by atoms with Crippen LogP contribution in [0, 0.1) is 5.82 Å². The van der Waals surface area contributed by atoms with Crippen molar-refractivity contribution in [3.8, 4) is 23.1 Å². The Morgan fingerprint density at radius 3 is 3.02 bits per heavy atom. The Morgan fingerprint density at radius 2 is 2.10 bits per heavy atom. The Hall–Kier alpha value is -3.87. The van der Waals surface area contributed by atoms with Gasteiger partial charge in [0.05, 0.1) is 36.5 Å². The molecule has 0 spiro atoms. The van der Waals surface area contributed by atoms with Crippen molar-refractivity contribution in [2.75, 3.05) is 64.7 Å². The number of nitrogens with zero attached hydrogens (tertiary/aromatic N) is 6. The smallest absolute Gasteiger partial charge is 0.319 e. The summed E-state index contributed by atoms with van der Waals surface area (Å²) in [5.41, 5.74) is 5.64. The maximum atomic E-state index is 17.4. The third-order valence-corrected chi connectivity index (χ3v) is 11.2. The van der Waals surface area contributed by atoms with Crippen LogP contribution in [0.1, 0.15) is 62.5 Å². The summed E-state index contributed by atoms with van der Waals surface area (Å²) in [6.45, 7) is 7.38. The summed E-state index contributed by atoms with van der Waals surface area (Å²) in [7, 11) is 1.72. The van der Waals surface area contributed by atoms with Gasteiger partial charge in [-0.25, -0.2) is 9.37 Å². The van der Waals surface area contributed by atoms with E-state index in [1.165, 1.54) is 11.1 Å². The van der Waals surface area contributed by atoms with Gasteiger partial charge < -0.3 is 23.8 Å². The third-order valence-electron chi connectivity index (χ3n) is 11.2.